The summed E-state index contributed by atoms with van der Waals surface area (Å²) in [5.41, 5.74) is 1.48. The molecule has 22 heavy (non-hydrogen) atoms. The number of carbonyl (C=O) groups excluding carboxylic acids is 1. The Balaban J connectivity index is 2.99. The molecule has 0 aromatic heterocycles. The van der Waals surface area contributed by atoms with Crippen LogP contribution in [-0.4, -0.2) is 16.5 Å². The van der Waals surface area contributed by atoms with Crippen molar-refractivity contribution in [3.8, 4) is 0 Å². The number of hydrogen-bond acceptors (Lipinski definition) is 2. The van der Waals surface area contributed by atoms with Crippen LogP contribution in [0.3, 0.4) is 0 Å². The van der Waals surface area contributed by atoms with E-state index in [1.807, 2.05) is 26.8 Å². The molecule has 1 N–H and O–H groups in total. The molecule has 0 aliphatic heterocycles. The number of ketones is 1. The lowest BCUT2D eigenvalue weighted by atomic mass is 9.88. The molecular weight excluding hydrogens is 272 g/mol. The highest BCUT2D eigenvalue weighted by Gasteiger charge is 2.18. The monoisotopic (exact) mass is 304 g/mol. The van der Waals surface area contributed by atoms with E-state index in [-0.39, 0.29) is 5.78 Å². The molecule has 0 unspecified atom stereocenters. The van der Waals surface area contributed by atoms with Crippen molar-refractivity contribution in [1.29, 1.82) is 0 Å². The lowest BCUT2D eigenvalue weighted by Crippen LogP contribution is -2.21. The van der Waals surface area contributed by atoms with Gasteiger partial charge in [0, 0.05) is 12.8 Å². The molecule has 0 heterocycles. The summed E-state index contributed by atoms with van der Waals surface area (Å²) in [5.74, 6) is 1.20. The Morgan fingerprint density at radius 3 is 2.36 bits per heavy atom. The summed E-state index contributed by atoms with van der Waals surface area (Å²) < 4.78 is 0. The topological polar surface area (TPSA) is 37.3 Å². The van der Waals surface area contributed by atoms with Crippen molar-refractivity contribution in [3.05, 3.63) is 35.5 Å². The van der Waals surface area contributed by atoms with E-state index in [1.165, 1.54) is 0 Å². The van der Waals surface area contributed by atoms with Gasteiger partial charge in [-0.1, -0.05) is 49.3 Å². The molecule has 0 radical (unpaired) electrons. The number of allylic oxidation sites excluding steroid dienone is 5. The van der Waals surface area contributed by atoms with Crippen molar-refractivity contribution in [3.63, 3.8) is 0 Å². The van der Waals surface area contributed by atoms with Gasteiger partial charge in [0.15, 0.2) is 0 Å². The number of carbonyl (C=O) groups is 1. The molecule has 1 rings (SSSR count). The van der Waals surface area contributed by atoms with Gasteiger partial charge in [-0.2, -0.15) is 0 Å². The first-order valence-electron chi connectivity index (χ1n) is 8.44. The molecule has 0 aromatic carbocycles. The molecule has 0 saturated heterocycles. The highest BCUT2D eigenvalue weighted by Crippen LogP contribution is 2.23. The molecular formula is C20H32O2. The number of hydrogen-bond donors (Lipinski definition) is 1. The fraction of sp³-hybridized carbons (Fsp3) is 0.650. The van der Waals surface area contributed by atoms with E-state index in [9.17, 15) is 9.90 Å². The summed E-state index contributed by atoms with van der Waals surface area (Å²) in [6.45, 7) is 10.3. The Bertz CT molecular complexity index is 464. The third kappa shape index (κ3) is 7.22. The van der Waals surface area contributed by atoms with Gasteiger partial charge >= 0.3 is 0 Å². The van der Waals surface area contributed by atoms with Crippen molar-refractivity contribution in [2.75, 3.05) is 0 Å². The minimum Gasteiger partial charge on any atom is -0.386 e. The minimum absolute atomic E-state index is 0.281. The van der Waals surface area contributed by atoms with Crippen LogP contribution in [0, 0.1) is 11.8 Å². The smallest absolute Gasteiger partial charge is 0.140 e. The Kier molecular flexibility index (Phi) is 7.28. The predicted molar refractivity (Wildman–Crippen MR) is 93.7 cm³/mol. The molecule has 0 spiro atoms. The van der Waals surface area contributed by atoms with Crippen LogP contribution in [0.15, 0.2) is 35.5 Å². The van der Waals surface area contributed by atoms with Gasteiger partial charge in [0.2, 0.25) is 0 Å². The maximum Gasteiger partial charge on any atom is 0.140 e. The average molecular weight is 304 g/mol. The normalized spacial score (nSPS) is 35.2. The van der Waals surface area contributed by atoms with Gasteiger partial charge in [0.05, 0.1) is 5.60 Å². The van der Waals surface area contributed by atoms with Crippen LogP contribution in [0.25, 0.3) is 0 Å². The number of rotatable bonds is 1. The van der Waals surface area contributed by atoms with Gasteiger partial charge in [-0.3, -0.25) is 4.79 Å². The molecule has 2 nitrogen and oxygen atoms in total. The predicted octanol–water partition coefficient (Wildman–Crippen LogP) is 4.99. The number of aliphatic hydroxyl groups is 1. The van der Waals surface area contributed by atoms with E-state index >= 15 is 0 Å². The fourth-order valence-corrected chi connectivity index (χ4v) is 2.76. The molecule has 1 aliphatic carbocycles. The van der Waals surface area contributed by atoms with E-state index in [0.29, 0.717) is 31.1 Å². The zero-order valence-electron chi connectivity index (χ0n) is 14.9. The minimum atomic E-state index is -0.781. The first-order chi connectivity index (χ1) is 10.2. The Labute approximate surface area is 136 Å². The summed E-state index contributed by atoms with van der Waals surface area (Å²) in [6, 6.07) is 0. The summed E-state index contributed by atoms with van der Waals surface area (Å²) in [4.78, 5) is 12.1. The van der Waals surface area contributed by atoms with Crippen molar-refractivity contribution in [1.82, 2.24) is 0 Å². The quantitative estimate of drug-likeness (QED) is 0.693. The van der Waals surface area contributed by atoms with Crippen LogP contribution >= 0.6 is 0 Å². The van der Waals surface area contributed by atoms with Crippen LogP contribution in [0.4, 0.5) is 0 Å². The second-order valence-corrected chi connectivity index (χ2v) is 7.39. The van der Waals surface area contributed by atoms with Crippen LogP contribution < -0.4 is 0 Å². The fourth-order valence-electron chi connectivity index (χ4n) is 2.76. The summed E-state index contributed by atoms with van der Waals surface area (Å²) in [6.07, 6.45) is 11.9. The Hall–Kier alpha value is -1.15. The first kappa shape index (κ1) is 18.9. The zero-order valence-corrected chi connectivity index (χ0v) is 14.9. The molecule has 2 atom stereocenters. The summed E-state index contributed by atoms with van der Waals surface area (Å²) in [5, 5.41) is 10.5. The van der Waals surface area contributed by atoms with Gasteiger partial charge in [0.1, 0.15) is 5.78 Å². The molecule has 2 heteroatoms. The third-order valence-electron chi connectivity index (χ3n) is 4.39. The lowest BCUT2D eigenvalue weighted by Gasteiger charge is -2.21. The molecule has 0 saturated carbocycles. The van der Waals surface area contributed by atoms with E-state index in [4.69, 9.17) is 0 Å². The van der Waals surface area contributed by atoms with Gasteiger partial charge in [-0.15, -0.1) is 0 Å². The van der Waals surface area contributed by atoms with Crippen molar-refractivity contribution in [2.45, 2.75) is 72.3 Å². The van der Waals surface area contributed by atoms with E-state index in [1.54, 1.807) is 0 Å². The largest absolute Gasteiger partial charge is 0.386 e. The average Bonchev–Trinajstić information content (AvgIpc) is 2.36. The van der Waals surface area contributed by atoms with E-state index < -0.39 is 5.60 Å². The van der Waals surface area contributed by atoms with Gasteiger partial charge < -0.3 is 5.11 Å². The van der Waals surface area contributed by atoms with Crippen molar-refractivity contribution >= 4 is 5.78 Å². The summed E-state index contributed by atoms with van der Waals surface area (Å²) in [7, 11) is 0. The van der Waals surface area contributed by atoms with Gasteiger partial charge in [-0.25, -0.2) is 0 Å². The molecule has 0 aromatic rings. The SMILES string of the molecule is C/C1=C/CC[C@@](C)(O)/C=C\[C@H](C(C)C)C/C=C(/C)CC(=O)C1. The second-order valence-electron chi connectivity index (χ2n) is 7.39. The maximum absolute atomic E-state index is 12.1. The van der Waals surface area contributed by atoms with Crippen LogP contribution in [0.1, 0.15) is 66.7 Å². The lowest BCUT2D eigenvalue weighted by molar-refractivity contribution is -0.117. The molecule has 0 bridgehead atoms. The molecule has 0 fully saturated rings. The zero-order chi connectivity index (χ0) is 16.8. The molecule has 0 amide bonds. The third-order valence-corrected chi connectivity index (χ3v) is 4.39. The van der Waals surface area contributed by atoms with Crippen molar-refractivity contribution in [2.24, 2.45) is 11.8 Å². The van der Waals surface area contributed by atoms with Crippen LogP contribution in [0.2, 0.25) is 0 Å². The van der Waals surface area contributed by atoms with Gasteiger partial charge in [0.25, 0.3) is 0 Å². The summed E-state index contributed by atoms with van der Waals surface area (Å²) >= 11 is 0. The van der Waals surface area contributed by atoms with E-state index in [2.05, 4.69) is 32.1 Å². The van der Waals surface area contributed by atoms with Crippen LogP contribution in [0.5, 0.6) is 0 Å². The highest BCUT2D eigenvalue weighted by atomic mass is 16.3. The standard InChI is InChI=1S/C20H32O2/c1-15(2)18-9-8-17(4)14-19(21)13-16(3)7-6-11-20(5,22)12-10-18/h7-8,10,12,15,18,22H,6,9,11,13-14H2,1-5H3/b12-10-,16-7-,17-8-/t18-,20-/m1/s1. The van der Waals surface area contributed by atoms with Crippen LogP contribution in [-0.2, 0) is 4.79 Å². The highest BCUT2D eigenvalue weighted by molar-refractivity contribution is 5.82. The van der Waals surface area contributed by atoms with Crippen molar-refractivity contribution < 1.29 is 9.90 Å². The Morgan fingerprint density at radius 2 is 1.77 bits per heavy atom. The molecule has 1 aliphatic rings. The van der Waals surface area contributed by atoms with E-state index in [0.717, 1.165) is 24.0 Å². The van der Waals surface area contributed by atoms with Gasteiger partial charge in [-0.05, 0) is 51.9 Å². The first-order valence-corrected chi connectivity index (χ1v) is 8.44. The number of Topliss-reactive ketones (excluding diaryl/α,β-unsaturated/α-hetero) is 1. The second kappa shape index (κ2) is 8.47. The Morgan fingerprint density at radius 1 is 1.18 bits per heavy atom. The maximum atomic E-state index is 12.1. The molecule has 124 valence electrons.